The SMILES string of the molecule is Cc1nc(-c2ncc(C(=O)N3CCc4ccccc4C3)c(=O)[nH]2)cs1. The quantitative estimate of drug-likeness (QED) is 0.768. The average molecular weight is 352 g/mol. The van der Waals surface area contributed by atoms with Gasteiger partial charge in [-0.15, -0.1) is 11.3 Å². The Morgan fingerprint density at radius 1 is 1.28 bits per heavy atom. The number of carbonyl (C=O) groups excluding carboxylic acids is 1. The first-order valence-corrected chi connectivity index (χ1v) is 8.87. The molecule has 1 aliphatic rings. The molecule has 2 aromatic heterocycles. The molecule has 0 atom stereocenters. The third-order valence-electron chi connectivity index (χ3n) is 4.31. The largest absolute Gasteiger partial charge is 0.334 e. The van der Waals surface area contributed by atoms with E-state index in [2.05, 4.69) is 21.0 Å². The van der Waals surface area contributed by atoms with Crippen LogP contribution in [0.4, 0.5) is 0 Å². The average Bonchev–Trinajstić information content (AvgIpc) is 3.07. The number of aryl methyl sites for hydroxylation is 1. The number of nitrogens with one attached hydrogen (secondary N) is 1. The summed E-state index contributed by atoms with van der Waals surface area (Å²) in [6, 6.07) is 8.07. The van der Waals surface area contributed by atoms with Crippen molar-refractivity contribution in [3.05, 3.63) is 67.9 Å². The van der Waals surface area contributed by atoms with E-state index in [0.717, 1.165) is 17.0 Å². The van der Waals surface area contributed by atoms with Gasteiger partial charge in [-0.3, -0.25) is 9.59 Å². The number of nitrogens with zero attached hydrogens (tertiary/aromatic N) is 3. The van der Waals surface area contributed by atoms with Crippen molar-refractivity contribution in [3.8, 4) is 11.5 Å². The molecule has 0 radical (unpaired) electrons. The highest BCUT2D eigenvalue weighted by atomic mass is 32.1. The summed E-state index contributed by atoms with van der Waals surface area (Å²) in [5.41, 5.74) is 2.63. The number of H-pyrrole nitrogens is 1. The van der Waals surface area contributed by atoms with Crippen LogP contribution in [0.3, 0.4) is 0 Å². The van der Waals surface area contributed by atoms with Gasteiger partial charge in [0, 0.05) is 24.7 Å². The summed E-state index contributed by atoms with van der Waals surface area (Å²) in [5, 5.41) is 2.72. The molecule has 3 aromatic rings. The first kappa shape index (κ1) is 15.7. The number of rotatable bonds is 2. The van der Waals surface area contributed by atoms with E-state index in [-0.39, 0.29) is 11.5 Å². The second kappa shape index (κ2) is 6.25. The molecule has 1 aliphatic heterocycles. The number of carbonyl (C=O) groups is 1. The van der Waals surface area contributed by atoms with Crippen LogP contribution in [0.25, 0.3) is 11.5 Å². The van der Waals surface area contributed by atoms with Crippen LogP contribution in [0, 0.1) is 6.92 Å². The fourth-order valence-corrected chi connectivity index (χ4v) is 3.59. The molecule has 25 heavy (non-hydrogen) atoms. The molecule has 7 heteroatoms. The molecule has 126 valence electrons. The lowest BCUT2D eigenvalue weighted by molar-refractivity contribution is 0.0732. The predicted octanol–water partition coefficient (Wildman–Crippen LogP) is 2.40. The first-order chi connectivity index (χ1) is 12.1. The van der Waals surface area contributed by atoms with Gasteiger partial charge < -0.3 is 9.88 Å². The van der Waals surface area contributed by atoms with Crippen molar-refractivity contribution in [2.24, 2.45) is 0 Å². The summed E-state index contributed by atoms with van der Waals surface area (Å²) in [5.74, 6) is 0.0964. The van der Waals surface area contributed by atoms with Gasteiger partial charge in [-0.25, -0.2) is 9.97 Å². The van der Waals surface area contributed by atoms with Gasteiger partial charge >= 0.3 is 0 Å². The van der Waals surface area contributed by atoms with Crippen LogP contribution in [0.15, 0.2) is 40.6 Å². The molecule has 0 saturated heterocycles. The highest BCUT2D eigenvalue weighted by Gasteiger charge is 2.24. The lowest BCUT2D eigenvalue weighted by Gasteiger charge is -2.28. The molecule has 1 aromatic carbocycles. The maximum atomic E-state index is 12.7. The molecule has 4 rings (SSSR count). The number of amides is 1. The van der Waals surface area contributed by atoms with Crippen molar-refractivity contribution in [2.75, 3.05) is 6.54 Å². The summed E-state index contributed by atoms with van der Waals surface area (Å²) in [6.45, 7) is 3.00. The lowest BCUT2D eigenvalue weighted by Crippen LogP contribution is -2.38. The van der Waals surface area contributed by atoms with Crippen LogP contribution in [-0.2, 0) is 13.0 Å². The van der Waals surface area contributed by atoms with Gasteiger partial charge in [0.2, 0.25) is 0 Å². The zero-order valence-corrected chi connectivity index (χ0v) is 14.5. The van der Waals surface area contributed by atoms with E-state index in [1.54, 1.807) is 4.90 Å². The van der Waals surface area contributed by atoms with E-state index < -0.39 is 5.56 Å². The Hall–Kier alpha value is -2.80. The first-order valence-electron chi connectivity index (χ1n) is 7.99. The number of fused-ring (bicyclic) bond motifs is 1. The van der Waals surface area contributed by atoms with Crippen LogP contribution < -0.4 is 5.56 Å². The van der Waals surface area contributed by atoms with Crippen LogP contribution in [0.5, 0.6) is 0 Å². The number of hydrogen-bond acceptors (Lipinski definition) is 5. The van der Waals surface area contributed by atoms with Crippen molar-refractivity contribution in [1.29, 1.82) is 0 Å². The molecule has 1 N–H and O–H groups in total. The molecule has 0 fully saturated rings. The number of hydrogen-bond donors (Lipinski definition) is 1. The minimum Gasteiger partial charge on any atom is -0.334 e. The molecule has 0 aliphatic carbocycles. The Kier molecular flexibility index (Phi) is 3.93. The Bertz CT molecular complexity index is 1010. The highest BCUT2D eigenvalue weighted by molar-refractivity contribution is 7.09. The molecular formula is C18H16N4O2S. The molecule has 0 saturated carbocycles. The van der Waals surface area contributed by atoms with Crippen LogP contribution in [-0.4, -0.2) is 32.3 Å². The molecule has 1 amide bonds. The number of thiazole rings is 1. The van der Waals surface area contributed by atoms with Gasteiger partial charge in [-0.1, -0.05) is 24.3 Å². The fourth-order valence-electron chi connectivity index (χ4n) is 2.99. The third kappa shape index (κ3) is 2.98. The third-order valence-corrected chi connectivity index (χ3v) is 5.08. The van der Waals surface area contributed by atoms with Gasteiger partial charge in [-0.05, 0) is 24.5 Å². The monoisotopic (exact) mass is 352 g/mol. The van der Waals surface area contributed by atoms with E-state index in [9.17, 15) is 9.59 Å². The van der Waals surface area contributed by atoms with Gasteiger partial charge in [0.25, 0.3) is 11.5 Å². The lowest BCUT2D eigenvalue weighted by atomic mass is 9.99. The highest BCUT2D eigenvalue weighted by Crippen LogP contribution is 2.20. The van der Waals surface area contributed by atoms with Crippen LogP contribution >= 0.6 is 11.3 Å². The normalized spacial score (nSPS) is 13.6. The van der Waals surface area contributed by atoms with E-state index in [1.807, 2.05) is 30.5 Å². The van der Waals surface area contributed by atoms with Crippen molar-refractivity contribution in [2.45, 2.75) is 19.9 Å². The minimum atomic E-state index is -0.431. The van der Waals surface area contributed by atoms with Crippen molar-refractivity contribution in [1.82, 2.24) is 19.9 Å². The smallest absolute Gasteiger partial charge is 0.264 e. The minimum absolute atomic E-state index is 0.0649. The van der Waals surface area contributed by atoms with E-state index in [1.165, 1.54) is 23.1 Å². The summed E-state index contributed by atoms with van der Waals surface area (Å²) < 4.78 is 0. The van der Waals surface area contributed by atoms with Crippen molar-refractivity contribution >= 4 is 17.2 Å². The van der Waals surface area contributed by atoms with E-state index >= 15 is 0 Å². The summed E-state index contributed by atoms with van der Waals surface area (Å²) in [7, 11) is 0. The molecule has 0 spiro atoms. The molecule has 6 nitrogen and oxygen atoms in total. The zero-order valence-electron chi connectivity index (χ0n) is 13.7. The maximum absolute atomic E-state index is 12.7. The predicted molar refractivity (Wildman–Crippen MR) is 95.6 cm³/mol. The second-order valence-corrected chi connectivity index (χ2v) is 7.03. The number of aromatic nitrogens is 3. The molecule has 0 unspecified atom stereocenters. The van der Waals surface area contributed by atoms with Gasteiger partial charge in [-0.2, -0.15) is 0 Å². The maximum Gasteiger partial charge on any atom is 0.264 e. The van der Waals surface area contributed by atoms with E-state index in [4.69, 9.17) is 0 Å². The Morgan fingerprint density at radius 2 is 2.08 bits per heavy atom. The standard InChI is InChI=1S/C18H16N4O2S/c1-11-20-15(10-25-11)16-19-8-14(17(23)21-16)18(24)22-7-6-12-4-2-3-5-13(12)9-22/h2-5,8,10H,6-7,9H2,1H3,(H,19,21,23). The topological polar surface area (TPSA) is 79.0 Å². The molecule has 3 heterocycles. The summed E-state index contributed by atoms with van der Waals surface area (Å²) >= 11 is 1.48. The van der Waals surface area contributed by atoms with E-state index in [0.29, 0.717) is 24.6 Å². The summed E-state index contributed by atoms with van der Waals surface area (Å²) in [4.78, 5) is 38.0. The van der Waals surface area contributed by atoms with Crippen molar-refractivity contribution in [3.63, 3.8) is 0 Å². The Labute approximate surface area is 148 Å². The van der Waals surface area contributed by atoms with Crippen LogP contribution in [0.1, 0.15) is 26.5 Å². The van der Waals surface area contributed by atoms with Gasteiger partial charge in [0.05, 0.1) is 5.01 Å². The number of aromatic amines is 1. The molecular weight excluding hydrogens is 336 g/mol. The van der Waals surface area contributed by atoms with Gasteiger partial charge in [0.15, 0.2) is 5.82 Å². The van der Waals surface area contributed by atoms with Crippen molar-refractivity contribution < 1.29 is 4.79 Å². The van der Waals surface area contributed by atoms with Gasteiger partial charge in [0.1, 0.15) is 11.3 Å². The summed E-state index contributed by atoms with van der Waals surface area (Å²) in [6.07, 6.45) is 2.15. The fraction of sp³-hybridized carbons (Fsp3) is 0.222. The second-order valence-electron chi connectivity index (χ2n) is 5.97. The van der Waals surface area contributed by atoms with Crippen LogP contribution in [0.2, 0.25) is 0 Å². The Morgan fingerprint density at radius 3 is 2.80 bits per heavy atom. The number of benzene rings is 1. The zero-order chi connectivity index (χ0) is 17.4. The Balaban J connectivity index is 1.60. The molecule has 0 bridgehead atoms.